The molecule has 8 heteroatoms. The van der Waals surface area contributed by atoms with Gasteiger partial charge in [0.25, 0.3) is 5.91 Å². The molecule has 1 amide bonds. The molecule has 0 spiro atoms. The molecule has 26 heavy (non-hydrogen) atoms. The number of likely N-dealkylation sites (N-methyl/N-ethyl adjacent to an activating group) is 1. The Hall–Kier alpha value is -2.45. The molecule has 1 saturated carbocycles. The molecule has 1 aliphatic rings. The third kappa shape index (κ3) is 3.71. The number of aromatic nitrogens is 1. The number of ether oxygens (including phenoxy) is 2. The number of hydrogen-bond acceptors (Lipinski definition) is 6. The fourth-order valence-corrected chi connectivity index (χ4v) is 3.13. The van der Waals surface area contributed by atoms with E-state index in [-0.39, 0.29) is 36.1 Å². The van der Waals surface area contributed by atoms with Crippen LogP contribution in [0.5, 0.6) is 5.75 Å². The summed E-state index contributed by atoms with van der Waals surface area (Å²) in [6.45, 7) is -0.0528. The molecular formula is C18H21FN2O5. The van der Waals surface area contributed by atoms with Crippen LogP contribution in [0.15, 0.2) is 34.9 Å². The fourth-order valence-electron chi connectivity index (χ4n) is 3.13. The molecule has 3 rings (SSSR count). The molecule has 1 heterocycles. The van der Waals surface area contributed by atoms with E-state index in [1.165, 1.54) is 30.2 Å². The summed E-state index contributed by atoms with van der Waals surface area (Å²) in [7, 11) is 3.15. The van der Waals surface area contributed by atoms with Crippen molar-refractivity contribution in [2.75, 3.05) is 14.2 Å². The van der Waals surface area contributed by atoms with E-state index in [1.807, 2.05) is 0 Å². The minimum absolute atomic E-state index is 0.0528. The van der Waals surface area contributed by atoms with Crippen molar-refractivity contribution in [2.24, 2.45) is 0 Å². The maximum Gasteiger partial charge on any atom is 0.276 e. The maximum absolute atomic E-state index is 13.5. The predicted octanol–water partition coefficient (Wildman–Crippen LogP) is 2.00. The maximum atomic E-state index is 13.5. The molecule has 7 nitrogen and oxygen atoms in total. The van der Waals surface area contributed by atoms with Crippen LogP contribution in [0.3, 0.4) is 0 Å². The Morgan fingerprint density at radius 2 is 2.19 bits per heavy atom. The zero-order chi connectivity index (χ0) is 18.7. The van der Waals surface area contributed by atoms with Gasteiger partial charge in [0.15, 0.2) is 23.0 Å². The molecule has 3 atom stereocenters. The van der Waals surface area contributed by atoms with Crippen LogP contribution in [0.2, 0.25) is 0 Å². The summed E-state index contributed by atoms with van der Waals surface area (Å²) < 4.78 is 29.2. The number of rotatable bonds is 6. The number of para-hydroxylation sites is 1. The molecule has 0 saturated heterocycles. The molecule has 1 aromatic carbocycles. The van der Waals surface area contributed by atoms with Crippen LogP contribution in [0.1, 0.15) is 29.1 Å². The molecule has 1 aromatic heterocycles. The summed E-state index contributed by atoms with van der Waals surface area (Å²) in [5, 5.41) is 14.0. The Morgan fingerprint density at radius 1 is 1.42 bits per heavy atom. The van der Waals surface area contributed by atoms with E-state index in [0.717, 1.165) is 0 Å². The minimum Gasteiger partial charge on any atom is -0.482 e. The lowest BCUT2D eigenvalue weighted by Gasteiger charge is -2.27. The smallest absolute Gasteiger partial charge is 0.276 e. The van der Waals surface area contributed by atoms with Crippen molar-refractivity contribution in [3.63, 3.8) is 0 Å². The van der Waals surface area contributed by atoms with Crippen LogP contribution >= 0.6 is 0 Å². The van der Waals surface area contributed by atoms with Gasteiger partial charge in [0, 0.05) is 20.2 Å². The Morgan fingerprint density at radius 3 is 2.88 bits per heavy atom. The van der Waals surface area contributed by atoms with E-state index in [0.29, 0.717) is 18.6 Å². The summed E-state index contributed by atoms with van der Waals surface area (Å²) in [4.78, 5) is 14.0. The summed E-state index contributed by atoms with van der Waals surface area (Å²) >= 11 is 0. The number of hydrogen-bond donors (Lipinski definition) is 1. The van der Waals surface area contributed by atoms with Crippen LogP contribution in [0.4, 0.5) is 4.39 Å². The van der Waals surface area contributed by atoms with E-state index in [1.54, 1.807) is 19.2 Å². The van der Waals surface area contributed by atoms with Crippen molar-refractivity contribution >= 4 is 5.91 Å². The van der Waals surface area contributed by atoms with Crippen molar-refractivity contribution < 1.29 is 28.3 Å². The summed E-state index contributed by atoms with van der Waals surface area (Å²) in [6, 6.07) is 7.12. The molecular weight excluding hydrogens is 343 g/mol. The number of amides is 1. The van der Waals surface area contributed by atoms with E-state index in [4.69, 9.17) is 14.0 Å². The third-order valence-corrected chi connectivity index (χ3v) is 4.63. The molecule has 1 aliphatic carbocycles. The highest BCUT2D eigenvalue weighted by atomic mass is 19.1. The van der Waals surface area contributed by atoms with E-state index in [9.17, 15) is 14.3 Å². The lowest BCUT2D eigenvalue weighted by Crippen LogP contribution is -2.44. The zero-order valence-electron chi connectivity index (χ0n) is 14.6. The van der Waals surface area contributed by atoms with Crippen LogP contribution < -0.4 is 4.74 Å². The highest BCUT2D eigenvalue weighted by molar-refractivity contribution is 5.92. The zero-order valence-corrected chi connectivity index (χ0v) is 14.6. The lowest BCUT2D eigenvalue weighted by molar-refractivity contribution is -0.0157. The highest BCUT2D eigenvalue weighted by Gasteiger charge is 2.39. The number of carbonyl (C=O) groups excluding carboxylic acids is 1. The first-order valence-corrected chi connectivity index (χ1v) is 8.32. The van der Waals surface area contributed by atoms with Crippen molar-refractivity contribution in [1.82, 2.24) is 10.1 Å². The first-order valence-electron chi connectivity index (χ1n) is 8.32. The molecule has 1 fully saturated rings. The van der Waals surface area contributed by atoms with Crippen LogP contribution in [0, 0.1) is 5.82 Å². The average Bonchev–Trinajstić information content (AvgIpc) is 3.26. The molecule has 1 N–H and O–H groups in total. The van der Waals surface area contributed by atoms with Gasteiger partial charge in [0.05, 0.1) is 12.1 Å². The number of halogens is 1. The van der Waals surface area contributed by atoms with Crippen LogP contribution in [-0.4, -0.2) is 53.5 Å². The van der Waals surface area contributed by atoms with Crippen molar-refractivity contribution in [3.8, 4) is 5.75 Å². The molecule has 0 aliphatic heterocycles. The van der Waals surface area contributed by atoms with Gasteiger partial charge in [-0.1, -0.05) is 17.3 Å². The molecule has 0 bridgehead atoms. The third-order valence-electron chi connectivity index (χ3n) is 4.63. The van der Waals surface area contributed by atoms with Gasteiger partial charge in [0.2, 0.25) is 0 Å². The Labute approximate surface area is 150 Å². The molecule has 2 aromatic rings. The van der Waals surface area contributed by atoms with E-state index in [2.05, 4.69) is 5.16 Å². The number of nitrogens with zero attached hydrogens (tertiary/aromatic N) is 2. The standard InChI is InChI=1S/C18H21FN2O5/c1-21(14-7-8-16(24-2)17(14)22)18(23)13-9-11(26-20-13)10-25-15-6-4-3-5-12(15)19/h3-6,9,14,16-17,22H,7-8,10H2,1-2H3/t14-,16-,17-/m1/s1. The van der Waals surface area contributed by atoms with Gasteiger partial charge in [-0.15, -0.1) is 0 Å². The van der Waals surface area contributed by atoms with Crippen LogP contribution in [-0.2, 0) is 11.3 Å². The van der Waals surface area contributed by atoms with Crippen molar-refractivity contribution in [2.45, 2.75) is 37.7 Å². The summed E-state index contributed by atoms with van der Waals surface area (Å²) in [5.41, 5.74) is 0.104. The minimum atomic E-state index is -0.746. The highest BCUT2D eigenvalue weighted by Crippen LogP contribution is 2.27. The van der Waals surface area contributed by atoms with Crippen molar-refractivity contribution in [3.05, 3.63) is 47.6 Å². The van der Waals surface area contributed by atoms with Gasteiger partial charge in [-0.2, -0.15) is 0 Å². The Balaban J connectivity index is 1.62. The second-order valence-electron chi connectivity index (χ2n) is 6.22. The second-order valence-corrected chi connectivity index (χ2v) is 6.22. The van der Waals surface area contributed by atoms with Crippen LogP contribution in [0.25, 0.3) is 0 Å². The molecule has 140 valence electrons. The fraction of sp³-hybridized carbons (Fsp3) is 0.444. The normalized spacial score (nSPS) is 22.4. The predicted molar refractivity (Wildman–Crippen MR) is 89.2 cm³/mol. The van der Waals surface area contributed by atoms with Gasteiger partial charge in [0.1, 0.15) is 12.7 Å². The SMILES string of the molecule is CO[C@@H]1CC[C@@H](N(C)C(=O)c2cc(COc3ccccc3F)on2)[C@H]1O. The van der Waals surface area contributed by atoms with Gasteiger partial charge in [-0.05, 0) is 25.0 Å². The quantitative estimate of drug-likeness (QED) is 0.844. The molecule has 0 unspecified atom stereocenters. The first-order chi connectivity index (χ1) is 12.5. The van der Waals surface area contributed by atoms with Gasteiger partial charge in [-0.3, -0.25) is 4.79 Å². The second kappa shape index (κ2) is 7.84. The van der Waals surface area contributed by atoms with E-state index < -0.39 is 11.9 Å². The summed E-state index contributed by atoms with van der Waals surface area (Å²) in [5.74, 6) is -0.460. The van der Waals surface area contributed by atoms with Gasteiger partial charge in [-0.25, -0.2) is 4.39 Å². The summed E-state index contributed by atoms with van der Waals surface area (Å²) in [6.07, 6.45) is 0.297. The van der Waals surface area contributed by atoms with E-state index >= 15 is 0 Å². The molecule has 0 radical (unpaired) electrons. The number of aliphatic hydroxyl groups excluding tert-OH is 1. The number of carbonyl (C=O) groups is 1. The Bertz CT molecular complexity index is 766. The topological polar surface area (TPSA) is 85.0 Å². The largest absolute Gasteiger partial charge is 0.482 e. The lowest BCUT2D eigenvalue weighted by atomic mass is 10.1. The monoisotopic (exact) mass is 364 g/mol. The first kappa shape index (κ1) is 18.3. The van der Waals surface area contributed by atoms with Gasteiger partial charge >= 0.3 is 0 Å². The van der Waals surface area contributed by atoms with Crippen molar-refractivity contribution in [1.29, 1.82) is 0 Å². The number of methoxy groups -OCH3 is 1. The number of benzene rings is 1. The Kier molecular flexibility index (Phi) is 5.53. The average molecular weight is 364 g/mol. The number of aliphatic hydroxyl groups is 1. The van der Waals surface area contributed by atoms with Gasteiger partial charge < -0.3 is 24.0 Å².